The second-order valence-electron chi connectivity index (χ2n) is 5.26. The number of phenols is 2. The molecule has 5 heteroatoms. The van der Waals surface area contributed by atoms with Crippen LogP contribution in [0.5, 0.6) is 11.5 Å². The van der Waals surface area contributed by atoms with E-state index in [4.69, 9.17) is 4.74 Å². The summed E-state index contributed by atoms with van der Waals surface area (Å²) in [5.41, 5.74) is 0.783. The third-order valence-corrected chi connectivity index (χ3v) is 3.80. The lowest BCUT2D eigenvalue weighted by molar-refractivity contribution is -0.0262. The molecule has 1 aliphatic heterocycles. The lowest BCUT2D eigenvalue weighted by Gasteiger charge is -2.32. The number of hydrogen-bond donors (Lipinski definition) is 3. The van der Waals surface area contributed by atoms with E-state index < -0.39 is 0 Å². The van der Waals surface area contributed by atoms with Crippen LogP contribution in [0.25, 0.3) is 0 Å². The van der Waals surface area contributed by atoms with Crippen LogP contribution in [0.3, 0.4) is 0 Å². The average molecular weight is 280 g/mol. The van der Waals surface area contributed by atoms with Crippen LogP contribution >= 0.6 is 0 Å². The second kappa shape index (κ2) is 6.92. The first-order chi connectivity index (χ1) is 9.60. The van der Waals surface area contributed by atoms with Gasteiger partial charge >= 0.3 is 0 Å². The lowest BCUT2D eigenvalue weighted by atomic mass is 10.1. The van der Waals surface area contributed by atoms with E-state index in [1.165, 1.54) is 6.07 Å². The Labute approximate surface area is 120 Å². The van der Waals surface area contributed by atoms with E-state index >= 15 is 0 Å². The van der Waals surface area contributed by atoms with E-state index in [1.807, 2.05) is 6.92 Å². The monoisotopic (exact) mass is 280 g/mol. The van der Waals surface area contributed by atoms with Crippen molar-refractivity contribution in [2.75, 3.05) is 32.8 Å². The molecule has 112 valence electrons. The quantitative estimate of drug-likeness (QED) is 0.762. The first kappa shape index (κ1) is 15.1. The number of rotatable bonds is 5. The smallest absolute Gasteiger partial charge is 0.124 e. The first-order valence-corrected chi connectivity index (χ1v) is 7.19. The van der Waals surface area contributed by atoms with Crippen LogP contribution < -0.4 is 5.32 Å². The van der Waals surface area contributed by atoms with Crippen LogP contribution in [0.2, 0.25) is 0 Å². The van der Waals surface area contributed by atoms with Gasteiger partial charge in [-0.1, -0.05) is 13.0 Å². The normalized spacial score (nSPS) is 21.8. The van der Waals surface area contributed by atoms with Gasteiger partial charge in [-0.15, -0.1) is 0 Å². The Morgan fingerprint density at radius 3 is 2.95 bits per heavy atom. The molecule has 1 fully saturated rings. The molecular weight excluding hydrogens is 256 g/mol. The molecule has 3 N–H and O–H groups in total. The maximum atomic E-state index is 9.84. The van der Waals surface area contributed by atoms with Gasteiger partial charge in [0.25, 0.3) is 0 Å². The van der Waals surface area contributed by atoms with Crippen LogP contribution in [-0.2, 0) is 4.74 Å². The van der Waals surface area contributed by atoms with Gasteiger partial charge in [-0.3, -0.25) is 4.90 Å². The zero-order chi connectivity index (χ0) is 14.5. The van der Waals surface area contributed by atoms with Crippen LogP contribution in [0.1, 0.15) is 25.5 Å². The van der Waals surface area contributed by atoms with Crippen molar-refractivity contribution < 1.29 is 14.9 Å². The van der Waals surface area contributed by atoms with Gasteiger partial charge in [0.2, 0.25) is 0 Å². The molecule has 1 aromatic carbocycles. The molecule has 1 saturated heterocycles. The van der Waals surface area contributed by atoms with E-state index in [0.29, 0.717) is 0 Å². The van der Waals surface area contributed by atoms with Gasteiger partial charge in [-0.2, -0.15) is 0 Å². The minimum Gasteiger partial charge on any atom is -0.508 e. The van der Waals surface area contributed by atoms with E-state index in [2.05, 4.69) is 17.1 Å². The summed E-state index contributed by atoms with van der Waals surface area (Å²) < 4.78 is 5.74. The van der Waals surface area contributed by atoms with E-state index in [9.17, 15) is 10.2 Å². The molecule has 0 aromatic heterocycles. The van der Waals surface area contributed by atoms with Crippen LogP contribution in [0.15, 0.2) is 18.2 Å². The molecule has 1 aliphatic rings. The standard InChI is InChI=1S/C15H24N2O3/c1-3-17-6-7-20-13(10-17)9-16-11(2)14-5-4-12(18)8-15(14)19/h4-5,8,11,13,16,18-19H,3,6-7,9-10H2,1-2H3. The largest absolute Gasteiger partial charge is 0.508 e. The van der Waals surface area contributed by atoms with E-state index in [-0.39, 0.29) is 23.6 Å². The minimum atomic E-state index is 0.0104. The van der Waals surface area contributed by atoms with Crippen molar-refractivity contribution in [3.05, 3.63) is 23.8 Å². The molecule has 2 rings (SSSR count). The molecule has 0 spiro atoms. The SMILES string of the molecule is CCN1CCOC(CNC(C)c2ccc(O)cc2O)C1. The number of aromatic hydroxyl groups is 2. The summed E-state index contributed by atoms with van der Waals surface area (Å²) in [6, 6.07) is 4.70. The van der Waals surface area contributed by atoms with Crippen LogP contribution in [0.4, 0.5) is 0 Å². The van der Waals surface area contributed by atoms with Gasteiger partial charge in [0.1, 0.15) is 11.5 Å². The highest BCUT2D eigenvalue weighted by atomic mass is 16.5. The van der Waals surface area contributed by atoms with Crippen LogP contribution in [-0.4, -0.2) is 54.0 Å². The number of morpholine rings is 1. The highest BCUT2D eigenvalue weighted by molar-refractivity contribution is 5.40. The lowest BCUT2D eigenvalue weighted by Crippen LogP contribution is -2.46. The molecule has 0 saturated carbocycles. The molecule has 1 heterocycles. The molecule has 2 atom stereocenters. The number of benzene rings is 1. The molecule has 5 nitrogen and oxygen atoms in total. The Bertz CT molecular complexity index is 439. The Morgan fingerprint density at radius 1 is 1.45 bits per heavy atom. The molecular formula is C15H24N2O3. The molecule has 0 radical (unpaired) electrons. The van der Waals surface area contributed by atoms with Crippen molar-refractivity contribution in [2.24, 2.45) is 0 Å². The number of likely N-dealkylation sites (N-methyl/N-ethyl adjacent to an activating group) is 1. The fourth-order valence-corrected chi connectivity index (χ4v) is 2.51. The van der Waals surface area contributed by atoms with Gasteiger partial charge in [-0.05, 0) is 19.5 Å². The van der Waals surface area contributed by atoms with E-state index in [0.717, 1.165) is 38.3 Å². The Hall–Kier alpha value is -1.30. The zero-order valence-corrected chi connectivity index (χ0v) is 12.2. The average Bonchev–Trinajstić information content (AvgIpc) is 2.45. The van der Waals surface area contributed by atoms with Gasteiger partial charge in [0, 0.05) is 37.3 Å². The summed E-state index contributed by atoms with van der Waals surface area (Å²) in [7, 11) is 0. The maximum Gasteiger partial charge on any atom is 0.124 e. The third kappa shape index (κ3) is 3.85. The van der Waals surface area contributed by atoms with Crippen molar-refractivity contribution in [3.8, 4) is 11.5 Å². The predicted octanol–water partition coefficient (Wildman–Crippen LogP) is 1.47. The van der Waals surface area contributed by atoms with Crippen molar-refractivity contribution >= 4 is 0 Å². The Kier molecular flexibility index (Phi) is 5.23. The van der Waals surface area contributed by atoms with Gasteiger partial charge in [0.05, 0.1) is 12.7 Å². The molecule has 2 unspecified atom stereocenters. The van der Waals surface area contributed by atoms with Crippen molar-refractivity contribution in [1.29, 1.82) is 0 Å². The number of hydrogen-bond acceptors (Lipinski definition) is 5. The summed E-state index contributed by atoms with van der Waals surface area (Å²) in [5.74, 6) is 0.192. The highest BCUT2D eigenvalue weighted by Crippen LogP contribution is 2.27. The van der Waals surface area contributed by atoms with Crippen LogP contribution in [0, 0.1) is 0 Å². The summed E-state index contributed by atoms with van der Waals surface area (Å²) in [6.07, 6.45) is 0.186. The van der Waals surface area contributed by atoms with Gasteiger partial charge < -0.3 is 20.3 Å². The van der Waals surface area contributed by atoms with Gasteiger partial charge in [0.15, 0.2) is 0 Å². The molecule has 0 amide bonds. The minimum absolute atomic E-state index is 0.0104. The van der Waals surface area contributed by atoms with Crippen molar-refractivity contribution in [2.45, 2.75) is 26.0 Å². The maximum absolute atomic E-state index is 9.84. The second-order valence-corrected chi connectivity index (χ2v) is 5.26. The number of nitrogens with one attached hydrogen (secondary N) is 1. The van der Waals surface area contributed by atoms with E-state index in [1.54, 1.807) is 12.1 Å². The molecule has 20 heavy (non-hydrogen) atoms. The molecule has 1 aromatic rings. The summed E-state index contributed by atoms with van der Waals surface area (Å²) in [6.45, 7) is 8.67. The summed E-state index contributed by atoms with van der Waals surface area (Å²) in [4.78, 5) is 2.37. The number of nitrogens with zero attached hydrogens (tertiary/aromatic N) is 1. The Balaban J connectivity index is 1.86. The first-order valence-electron chi connectivity index (χ1n) is 7.19. The topological polar surface area (TPSA) is 65.0 Å². The summed E-state index contributed by atoms with van der Waals surface area (Å²) in [5, 5.41) is 22.5. The van der Waals surface area contributed by atoms with Crippen molar-refractivity contribution in [1.82, 2.24) is 10.2 Å². The molecule has 0 aliphatic carbocycles. The number of phenolic OH excluding ortho intramolecular Hbond substituents is 2. The van der Waals surface area contributed by atoms with Crippen molar-refractivity contribution in [3.63, 3.8) is 0 Å². The fraction of sp³-hybridized carbons (Fsp3) is 0.600. The zero-order valence-electron chi connectivity index (χ0n) is 12.2. The Morgan fingerprint density at radius 2 is 2.25 bits per heavy atom. The summed E-state index contributed by atoms with van der Waals surface area (Å²) >= 11 is 0. The fourth-order valence-electron chi connectivity index (χ4n) is 2.51. The molecule has 0 bridgehead atoms. The van der Waals surface area contributed by atoms with Gasteiger partial charge in [-0.25, -0.2) is 0 Å². The predicted molar refractivity (Wildman–Crippen MR) is 78.0 cm³/mol. The number of ether oxygens (including phenoxy) is 1. The highest BCUT2D eigenvalue weighted by Gasteiger charge is 2.20. The third-order valence-electron chi connectivity index (χ3n) is 3.80.